The van der Waals surface area contributed by atoms with E-state index in [4.69, 9.17) is 14.5 Å². The molecular weight excluding hydrogens is 478 g/mol. The van der Waals surface area contributed by atoms with Gasteiger partial charge >= 0.3 is 0 Å². The van der Waals surface area contributed by atoms with Crippen LogP contribution < -0.4 is 20.1 Å². The minimum Gasteiger partial charge on any atom is -0.493 e. The highest BCUT2D eigenvalue weighted by Crippen LogP contribution is 2.35. The molecule has 0 saturated carbocycles. The van der Waals surface area contributed by atoms with Crippen molar-refractivity contribution in [3.05, 3.63) is 53.7 Å². The van der Waals surface area contributed by atoms with Crippen molar-refractivity contribution in [1.82, 2.24) is 14.9 Å². The number of aromatic nitrogens is 2. The first-order chi connectivity index (χ1) is 17.1. The third-order valence-corrected chi connectivity index (χ3v) is 6.61. The molecule has 0 unspecified atom stereocenters. The third kappa shape index (κ3) is 5.71. The van der Waals surface area contributed by atoms with Crippen LogP contribution in [0.4, 0.5) is 17.3 Å². The van der Waals surface area contributed by atoms with Crippen molar-refractivity contribution in [2.45, 2.75) is 32.1 Å². The molecule has 1 saturated heterocycles. The Morgan fingerprint density at radius 1 is 1.06 bits per heavy atom. The van der Waals surface area contributed by atoms with Crippen molar-refractivity contribution in [3.8, 4) is 22.8 Å². The molecule has 2 aliphatic rings. The van der Waals surface area contributed by atoms with Crippen LogP contribution in [-0.2, 0) is 17.6 Å². The van der Waals surface area contributed by atoms with Crippen LogP contribution in [0.1, 0.15) is 30.4 Å². The fourth-order valence-electron chi connectivity index (χ4n) is 4.81. The van der Waals surface area contributed by atoms with Gasteiger partial charge in [-0.3, -0.25) is 4.79 Å². The highest BCUT2D eigenvalue weighted by atomic mass is 35.5. The largest absolute Gasteiger partial charge is 0.493 e. The molecule has 0 aliphatic carbocycles. The van der Waals surface area contributed by atoms with Gasteiger partial charge in [0.25, 0.3) is 0 Å². The summed E-state index contributed by atoms with van der Waals surface area (Å²) in [6.07, 6.45) is 6.70. The Morgan fingerprint density at radius 3 is 2.64 bits per heavy atom. The van der Waals surface area contributed by atoms with E-state index in [9.17, 15) is 4.79 Å². The fourth-order valence-corrected chi connectivity index (χ4v) is 4.81. The second-order valence-corrected chi connectivity index (χ2v) is 9.02. The van der Waals surface area contributed by atoms with Crippen molar-refractivity contribution >= 4 is 35.6 Å². The number of hydrogen-bond donors (Lipinski definition) is 2. The van der Waals surface area contributed by atoms with E-state index in [1.165, 1.54) is 31.5 Å². The number of hydrogen-bond acceptors (Lipinski definition) is 7. The molecule has 9 heteroatoms. The number of ether oxygens (including phenoxy) is 2. The van der Waals surface area contributed by atoms with Crippen molar-refractivity contribution in [2.24, 2.45) is 0 Å². The van der Waals surface area contributed by atoms with E-state index >= 15 is 0 Å². The molecule has 5 rings (SSSR count). The number of rotatable bonds is 8. The molecule has 1 aromatic heterocycles. The van der Waals surface area contributed by atoms with Gasteiger partial charge in [0.2, 0.25) is 11.9 Å². The van der Waals surface area contributed by atoms with E-state index in [1.54, 1.807) is 20.4 Å². The summed E-state index contributed by atoms with van der Waals surface area (Å²) in [5.74, 6) is 1.66. The van der Waals surface area contributed by atoms with Gasteiger partial charge in [-0.25, -0.2) is 9.97 Å². The molecule has 1 fully saturated rings. The highest BCUT2D eigenvalue weighted by Gasteiger charge is 2.22. The molecule has 0 atom stereocenters. The quantitative estimate of drug-likeness (QED) is 0.448. The molecule has 0 spiro atoms. The molecule has 3 aromatic rings. The number of halogens is 1. The van der Waals surface area contributed by atoms with Gasteiger partial charge in [-0.2, -0.15) is 0 Å². The standard InChI is InChI=1S/C27H31N5O3.ClH/c1-34-23-10-8-20(16-24(23)35-2)29-27-28-17-19-15-25(33)30-22-14-18(7-9-21(22)26(19)31-27)6-5-13-32-11-3-4-12-32;/h7-10,14,16-17H,3-6,11-13,15H2,1-2H3,(H,30,33)(H,28,29,31);1H. The molecule has 3 heterocycles. The van der Waals surface area contributed by atoms with Crippen LogP contribution in [0.5, 0.6) is 11.5 Å². The molecule has 36 heavy (non-hydrogen) atoms. The first-order valence-electron chi connectivity index (χ1n) is 12.1. The van der Waals surface area contributed by atoms with Crippen molar-refractivity contribution < 1.29 is 14.3 Å². The van der Waals surface area contributed by atoms with Crippen LogP contribution in [0.15, 0.2) is 42.6 Å². The van der Waals surface area contributed by atoms with Crippen molar-refractivity contribution in [2.75, 3.05) is 44.5 Å². The zero-order chi connectivity index (χ0) is 24.2. The molecule has 0 radical (unpaired) electrons. The second-order valence-electron chi connectivity index (χ2n) is 9.02. The van der Waals surface area contributed by atoms with Gasteiger partial charge in [0, 0.05) is 29.1 Å². The lowest BCUT2D eigenvalue weighted by Gasteiger charge is -2.15. The summed E-state index contributed by atoms with van der Waals surface area (Å²) >= 11 is 0. The molecule has 0 bridgehead atoms. The molecule has 1 amide bonds. The normalized spacial score (nSPS) is 14.7. The Balaban J connectivity index is 0.00000304. The third-order valence-electron chi connectivity index (χ3n) is 6.61. The minimum absolute atomic E-state index is 0. The lowest BCUT2D eigenvalue weighted by atomic mass is 10.0. The number of anilines is 3. The van der Waals surface area contributed by atoms with Crippen LogP contribution in [0, 0.1) is 0 Å². The maximum absolute atomic E-state index is 12.6. The number of benzene rings is 2. The van der Waals surface area contributed by atoms with E-state index < -0.39 is 0 Å². The number of carbonyl (C=O) groups excluding carboxylic acids is 1. The van der Waals surface area contributed by atoms with Gasteiger partial charge in [-0.15, -0.1) is 12.4 Å². The number of nitrogens with zero attached hydrogens (tertiary/aromatic N) is 3. The molecule has 8 nitrogen and oxygen atoms in total. The van der Waals surface area contributed by atoms with Crippen LogP contribution in [0.25, 0.3) is 11.3 Å². The van der Waals surface area contributed by atoms with Crippen molar-refractivity contribution in [1.29, 1.82) is 0 Å². The number of likely N-dealkylation sites (tertiary alicyclic amines) is 1. The average Bonchev–Trinajstić information content (AvgIpc) is 3.34. The highest BCUT2D eigenvalue weighted by molar-refractivity contribution is 6.00. The van der Waals surface area contributed by atoms with Gasteiger partial charge in [-0.1, -0.05) is 12.1 Å². The van der Waals surface area contributed by atoms with Gasteiger partial charge in [0.05, 0.1) is 32.0 Å². The Morgan fingerprint density at radius 2 is 1.86 bits per heavy atom. The molecule has 2 aromatic carbocycles. The van der Waals surface area contributed by atoms with Gasteiger partial charge in [-0.05, 0) is 69.1 Å². The number of methoxy groups -OCH3 is 2. The van der Waals surface area contributed by atoms with E-state index in [-0.39, 0.29) is 24.7 Å². The monoisotopic (exact) mass is 509 g/mol. The van der Waals surface area contributed by atoms with E-state index in [0.29, 0.717) is 17.4 Å². The van der Waals surface area contributed by atoms with Crippen LogP contribution >= 0.6 is 12.4 Å². The lowest BCUT2D eigenvalue weighted by Crippen LogP contribution is -2.20. The van der Waals surface area contributed by atoms with E-state index in [1.807, 2.05) is 18.2 Å². The fraction of sp³-hybridized carbons (Fsp3) is 0.370. The number of amides is 1. The summed E-state index contributed by atoms with van der Waals surface area (Å²) in [5, 5.41) is 6.31. The van der Waals surface area contributed by atoms with E-state index in [0.717, 1.165) is 47.6 Å². The van der Waals surface area contributed by atoms with Gasteiger partial charge < -0.3 is 25.0 Å². The Labute approximate surface area is 217 Å². The van der Waals surface area contributed by atoms with Gasteiger partial charge in [0.15, 0.2) is 11.5 Å². The number of nitrogens with one attached hydrogen (secondary N) is 2. The first-order valence-corrected chi connectivity index (χ1v) is 12.1. The summed E-state index contributed by atoms with van der Waals surface area (Å²) in [5.41, 5.74) is 5.29. The topological polar surface area (TPSA) is 88.6 Å². The maximum atomic E-state index is 12.6. The Kier molecular flexibility index (Phi) is 8.28. The summed E-state index contributed by atoms with van der Waals surface area (Å²) in [7, 11) is 3.20. The predicted molar refractivity (Wildman–Crippen MR) is 144 cm³/mol. The number of fused-ring (bicyclic) bond motifs is 3. The smallest absolute Gasteiger partial charge is 0.228 e. The lowest BCUT2D eigenvalue weighted by molar-refractivity contribution is -0.115. The van der Waals surface area contributed by atoms with Crippen LogP contribution in [0.3, 0.4) is 0 Å². The van der Waals surface area contributed by atoms with Crippen LogP contribution in [0.2, 0.25) is 0 Å². The summed E-state index contributed by atoms with van der Waals surface area (Å²) in [6.45, 7) is 3.57. The molecule has 2 N–H and O–H groups in total. The average molecular weight is 510 g/mol. The summed E-state index contributed by atoms with van der Waals surface area (Å²) in [4.78, 5) is 24.4. The van der Waals surface area contributed by atoms with Crippen LogP contribution in [-0.4, -0.2) is 54.6 Å². The zero-order valence-electron chi connectivity index (χ0n) is 20.7. The molecular formula is C27H32ClN5O3. The second kappa shape index (κ2) is 11.6. The number of carbonyl (C=O) groups is 1. The van der Waals surface area contributed by atoms with E-state index in [2.05, 4.69) is 38.7 Å². The summed E-state index contributed by atoms with van der Waals surface area (Å²) < 4.78 is 10.7. The Hall–Kier alpha value is -3.36. The molecule has 2 aliphatic heterocycles. The maximum Gasteiger partial charge on any atom is 0.228 e. The minimum atomic E-state index is -0.0524. The predicted octanol–water partition coefficient (Wildman–Crippen LogP) is 4.85. The first kappa shape index (κ1) is 25.7. The van der Waals surface area contributed by atoms with Crippen molar-refractivity contribution in [3.63, 3.8) is 0 Å². The molecule has 190 valence electrons. The number of aryl methyl sites for hydroxylation is 1. The Bertz CT molecular complexity index is 1230. The van der Waals surface area contributed by atoms with Gasteiger partial charge in [0.1, 0.15) is 0 Å². The summed E-state index contributed by atoms with van der Waals surface area (Å²) in [6, 6.07) is 11.8. The SMILES string of the molecule is COc1ccc(Nc2ncc3c(n2)-c2ccc(CCCN4CCCC4)cc2NC(=O)C3)cc1OC.Cl. The zero-order valence-corrected chi connectivity index (χ0v) is 21.5.